The van der Waals surface area contributed by atoms with Crippen LogP contribution in [0.1, 0.15) is 52.4 Å². The topological polar surface area (TPSA) is 153 Å². The maximum atomic E-state index is 14.3. The predicted molar refractivity (Wildman–Crippen MR) is 163 cm³/mol. The minimum absolute atomic E-state index is 0.0703. The number of ether oxygens (including phenoxy) is 2. The Morgan fingerprint density at radius 1 is 1.06 bits per heavy atom. The number of piperidine rings is 1. The first-order valence-corrected chi connectivity index (χ1v) is 15.4. The van der Waals surface area contributed by atoms with Crippen LogP contribution in [0.2, 0.25) is 0 Å². The number of hydrogen-bond acceptors (Lipinski definition) is 9. The van der Waals surface area contributed by atoms with E-state index in [4.69, 9.17) is 9.47 Å². The number of amides is 2. The molecule has 250 valence electrons. The largest absolute Gasteiger partial charge is 0.505 e. The molecule has 0 unspecified atom stereocenters. The van der Waals surface area contributed by atoms with E-state index in [2.05, 4.69) is 20.4 Å². The molecule has 0 atom stereocenters. The number of anilines is 1. The molecule has 48 heavy (non-hydrogen) atoms. The number of nitrogens with zero attached hydrogens (tertiary/aromatic N) is 6. The fourth-order valence-corrected chi connectivity index (χ4v) is 6.53. The number of pyridine rings is 1. The van der Waals surface area contributed by atoms with Crippen LogP contribution in [-0.2, 0) is 39.0 Å². The second kappa shape index (κ2) is 12.2. The zero-order chi connectivity index (χ0) is 33.6. The summed E-state index contributed by atoms with van der Waals surface area (Å²) >= 11 is 0. The Kier molecular flexibility index (Phi) is 7.99. The Morgan fingerprint density at radius 2 is 1.83 bits per heavy atom. The van der Waals surface area contributed by atoms with Crippen molar-refractivity contribution in [3.63, 3.8) is 0 Å². The zero-order valence-corrected chi connectivity index (χ0v) is 25.5. The van der Waals surface area contributed by atoms with Crippen molar-refractivity contribution in [2.75, 3.05) is 38.2 Å². The third-order valence-electron chi connectivity index (χ3n) is 8.92. The molecule has 4 aromatic rings. The number of carbonyl (C=O) groups is 2. The lowest BCUT2D eigenvalue weighted by atomic mass is 9.81. The van der Waals surface area contributed by atoms with Gasteiger partial charge >= 0.3 is 6.18 Å². The van der Waals surface area contributed by atoms with Crippen LogP contribution in [0.4, 0.5) is 18.9 Å². The minimum atomic E-state index is -4.52. The molecule has 1 aromatic carbocycles. The standard InChI is InChI=1S/C32H30F3N7O6/c33-32(34,35)20-3-5-21(6-4-20)37-24(44)18-41-22-9-17-48-31(10-13-40(14-11-31)29(46)26-23(43)2-1-12-36-26)25(22)28(45)42-30(41)38-27(39-42)19-7-15-47-16-8-19/h1-7,12,43H,8-11,13-18H2,(H,37,44). The molecule has 3 aromatic heterocycles. The lowest BCUT2D eigenvalue weighted by Crippen LogP contribution is -2.52. The molecule has 2 amide bonds. The number of likely N-dealkylation sites (tertiary alicyclic amines) is 1. The van der Waals surface area contributed by atoms with Gasteiger partial charge in [-0.25, -0.2) is 4.98 Å². The van der Waals surface area contributed by atoms with Gasteiger partial charge in [0.2, 0.25) is 11.7 Å². The lowest BCUT2D eigenvalue weighted by molar-refractivity contribution is -0.137. The summed E-state index contributed by atoms with van der Waals surface area (Å²) in [5.74, 6) is -0.770. The molecule has 0 saturated carbocycles. The first-order chi connectivity index (χ1) is 23.0. The number of nitrogens with one attached hydrogen (secondary N) is 1. The van der Waals surface area contributed by atoms with Crippen LogP contribution in [0.3, 0.4) is 0 Å². The average Bonchev–Trinajstić information content (AvgIpc) is 3.53. The Bertz CT molecular complexity index is 2000. The summed E-state index contributed by atoms with van der Waals surface area (Å²) < 4.78 is 53.7. The Morgan fingerprint density at radius 3 is 2.52 bits per heavy atom. The van der Waals surface area contributed by atoms with E-state index < -0.39 is 34.7 Å². The highest BCUT2D eigenvalue weighted by atomic mass is 19.4. The van der Waals surface area contributed by atoms with Crippen molar-refractivity contribution in [3.05, 3.63) is 87.4 Å². The van der Waals surface area contributed by atoms with Gasteiger partial charge in [0, 0.05) is 37.1 Å². The lowest BCUT2D eigenvalue weighted by Gasteiger charge is -2.44. The van der Waals surface area contributed by atoms with E-state index in [0.29, 0.717) is 36.7 Å². The smallest absolute Gasteiger partial charge is 0.416 e. The van der Waals surface area contributed by atoms with Crippen LogP contribution in [-0.4, -0.2) is 78.9 Å². The monoisotopic (exact) mass is 665 g/mol. The predicted octanol–water partition coefficient (Wildman–Crippen LogP) is 3.16. The van der Waals surface area contributed by atoms with Gasteiger partial charge in [-0.05, 0) is 61.2 Å². The molecular formula is C32H30F3N7O6. The van der Waals surface area contributed by atoms with E-state index in [9.17, 15) is 32.7 Å². The van der Waals surface area contributed by atoms with Crippen molar-refractivity contribution in [2.24, 2.45) is 0 Å². The number of benzene rings is 1. The number of aromatic nitrogens is 5. The van der Waals surface area contributed by atoms with Crippen LogP contribution >= 0.6 is 0 Å². The second-order valence-corrected chi connectivity index (χ2v) is 11.8. The molecule has 0 radical (unpaired) electrons. The van der Waals surface area contributed by atoms with E-state index in [-0.39, 0.29) is 68.4 Å². The fourth-order valence-electron chi connectivity index (χ4n) is 6.53. The Balaban J connectivity index is 1.25. The van der Waals surface area contributed by atoms with Crippen molar-refractivity contribution in [2.45, 2.75) is 44.0 Å². The highest BCUT2D eigenvalue weighted by Gasteiger charge is 2.46. The summed E-state index contributed by atoms with van der Waals surface area (Å²) in [6, 6.07) is 7.02. The van der Waals surface area contributed by atoms with Gasteiger partial charge in [0.15, 0.2) is 11.5 Å². The summed E-state index contributed by atoms with van der Waals surface area (Å²) in [6.45, 7) is 1.14. The summed E-state index contributed by atoms with van der Waals surface area (Å²) in [6.07, 6.45) is 0.0471. The van der Waals surface area contributed by atoms with Gasteiger partial charge in [0.25, 0.3) is 11.5 Å². The molecule has 3 aliphatic rings. The van der Waals surface area contributed by atoms with Gasteiger partial charge < -0.3 is 29.4 Å². The summed E-state index contributed by atoms with van der Waals surface area (Å²) in [5, 5.41) is 17.4. The van der Waals surface area contributed by atoms with Crippen molar-refractivity contribution < 1.29 is 37.3 Å². The molecule has 1 spiro atoms. The Labute approximate surface area is 270 Å². The molecule has 1 fully saturated rings. The highest BCUT2D eigenvalue weighted by Crippen LogP contribution is 2.41. The maximum absolute atomic E-state index is 14.3. The van der Waals surface area contributed by atoms with Crippen LogP contribution in [0.5, 0.6) is 5.75 Å². The molecule has 3 aliphatic heterocycles. The van der Waals surface area contributed by atoms with E-state index >= 15 is 0 Å². The summed E-state index contributed by atoms with van der Waals surface area (Å²) in [7, 11) is 0. The van der Waals surface area contributed by atoms with Crippen LogP contribution < -0.4 is 10.9 Å². The summed E-state index contributed by atoms with van der Waals surface area (Å²) in [4.78, 5) is 51.1. The van der Waals surface area contributed by atoms with Gasteiger partial charge in [-0.3, -0.25) is 14.4 Å². The quantitative estimate of drug-likeness (QED) is 0.327. The fraction of sp³-hybridized carbons (Fsp3) is 0.375. The van der Waals surface area contributed by atoms with E-state index in [0.717, 1.165) is 22.2 Å². The molecule has 16 heteroatoms. The highest BCUT2D eigenvalue weighted by molar-refractivity contribution is 5.95. The van der Waals surface area contributed by atoms with Crippen LogP contribution in [0, 0.1) is 0 Å². The third-order valence-corrected chi connectivity index (χ3v) is 8.92. The first-order valence-electron chi connectivity index (χ1n) is 15.4. The van der Waals surface area contributed by atoms with E-state index in [1.54, 1.807) is 9.47 Å². The zero-order valence-electron chi connectivity index (χ0n) is 25.5. The van der Waals surface area contributed by atoms with Gasteiger partial charge in [0.05, 0.1) is 30.9 Å². The minimum Gasteiger partial charge on any atom is -0.505 e. The molecule has 6 heterocycles. The van der Waals surface area contributed by atoms with Gasteiger partial charge in [-0.2, -0.15) is 22.7 Å². The number of aromatic hydroxyl groups is 1. The van der Waals surface area contributed by atoms with Crippen molar-refractivity contribution in [1.82, 2.24) is 29.0 Å². The van der Waals surface area contributed by atoms with Crippen molar-refractivity contribution in [3.8, 4) is 5.75 Å². The summed E-state index contributed by atoms with van der Waals surface area (Å²) in [5.41, 5.74) is -0.658. The maximum Gasteiger partial charge on any atom is 0.416 e. The second-order valence-electron chi connectivity index (χ2n) is 11.8. The molecule has 0 bridgehead atoms. The average molecular weight is 666 g/mol. The van der Waals surface area contributed by atoms with Crippen LogP contribution in [0.25, 0.3) is 11.4 Å². The van der Waals surface area contributed by atoms with Crippen molar-refractivity contribution >= 4 is 28.9 Å². The van der Waals surface area contributed by atoms with Gasteiger partial charge in [-0.15, -0.1) is 5.10 Å². The number of halogens is 3. The number of alkyl halides is 3. The first kappa shape index (κ1) is 31.5. The number of rotatable bonds is 5. The number of fused-ring (bicyclic) bond motifs is 3. The molecule has 7 rings (SSSR count). The molecule has 1 saturated heterocycles. The normalized spacial score (nSPS) is 17.6. The third kappa shape index (κ3) is 5.70. The van der Waals surface area contributed by atoms with Gasteiger partial charge in [0.1, 0.15) is 17.9 Å². The van der Waals surface area contributed by atoms with Crippen LogP contribution in [0.15, 0.2) is 53.5 Å². The Hall–Kier alpha value is -5.09. The number of hydrogen-bond donors (Lipinski definition) is 2. The van der Waals surface area contributed by atoms with E-state index in [1.807, 2.05) is 6.08 Å². The molecular weight excluding hydrogens is 635 g/mol. The number of carbonyl (C=O) groups excluding carboxylic acids is 2. The molecule has 2 N–H and O–H groups in total. The van der Waals surface area contributed by atoms with E-state index in [1.165, 1.54) is 30.5 Å². The molecule has 0 aliphatic carbocycles. The molecule has 13 nitrogen and oxygen atoms in total. The van der Waals surface area contributed by atoms with Crippen molar-refractivity contribution in [1.29, 1.82) is 0 Å². The SMILES string of the molecule is O=C(Cn1c2c(c(=O)n3nc(C4=CCOCC4)nc13)C1(CCN(C(=O)c3ncccc3O)CC1)OCC2)Nc1ccc(C(F)(F)F)cc1. The van der Waals surface area contributed by atoms with Gasteiger partial charge in [-0.1, -0.05) is 6.08 Å².